The summed E-state index contributed by atoms with van der Waals surface area (Å²) in [5.41, 5.74) is -17.6. The van der Waals surface area contributed by atoms with Crippen molar-refractivity contribution < 1.29 is 134 Å². The Bertz CT molecular complexity index is 1300. The summed E-state index contributed by atoms with van der Waals surface area (Å²) in [6, 6.07) is 0. The molecule has 0 heterocycles. The molecule has 1 fully saturated rings. The maximum Gasteiger partial charge on any atom is 0.437 e. The smallest absolute Gasteiger partial charge is 0.437 e. The molecule has 1 aliphatic rings. The van der Waals surface area contributed by atoms with Gasteiger partial charge in [-0.05, 0) is 33.1 Å². The lowest BCUT2D eigenvalue weighted by atomic mass is 9.65. The summed E-state index contributed by atoms with van der Waals surface area (Å²) in [7, 11) is 0. The zero-order valence-electron chi connectivity index (χ0n) is 28.6. The van der Waals surface area contributed by atoms with Crippen LogP contribution in [0.5, 0.6) is 0 Å². The van der Waals surface area contributed by atoms with Gasteiger partial charge in [0.15, 0.2) is 12.9 Å². The molecule has 1 N–H and O–H groups in total. The lowest BCUT2D eigenvalue weighted by molar-refractivity contribution is -0.407. The highest BCUT2D eigenvalue weighted by Gasteiger charge is 2.80. The SMILES string of the molecule is C=C(C(=O)OC(C1CC(OC(C)OCC)CC(C(O)(C(F)(F)F)C(F)(F)F)C1)(C(F)(F)F)C(F)(F)F)C(F)(F)F.C=C(C(F)(F)F)C(F)(F)F.C=COCC(F)(F)F. The highest BCUT2D eigenvalue weighted by atomic mass is 19.4. The Morgan fingerprint density at radius 2 is 1.07 bits per heavy atom. The Labute approximate surface area is 309 Å². The van der Waals surface area contributed by atoms with Gasteiger partial charge in [-0.15, -0.1) is 0 Å². The van der Waals surface area contributed by atoms with Crippen molar-refractivity contribution in [1.29, 1.82) is 0 Å². The average molecular weight is 916 g/mol. The standard InChI is InChI=1S/C20H21F15O5.C4H2F6.C4H5F3O/c1-4-38-9(3)39-12-6-10(14(37,17(24,25)26)18(27,28)29)5-11(7-12)15(19(30,31)32,20(33,34)35)40-13(36)8(2)16(21,22)23;1-2(3(5,6)7)4(8,9)10;1-2-8-3-4(5,6)7/h9-12,37H,2,4-7H2,1,3H3;1H2;2H,1,3H2. The number of rotatable bonds is 10. The molecule has 1 rings (SSSR count). The Morgan fingerprint density at radius 1 is 0.672 bits per heavy atom. The number of ether oxygens (including phenoxy) is 4. The molecule has 1 aliphatic carbocycles. The molecule has 0 aromatic carbocycles. The number of aliphatic hydroxyl groups is 1. The number of carbonyl (C=O) groups excluding carboxylic acids is 1. The van der Waals surface area contributed by atoms with Crippen molar-refractivity contribution in [1.82, 2.24) is 0 Å². The molecule has 0 aromatic rings. The van der Waals surface area contributed by atoms with Crippen molar-refractivity contribution >= 4 is 5.97 Å². The molecule has 0 radical (unpaired) electrons. The van der Waals surface area contributed by atoms with E-state index in [9.17, 15) is 115 Å². The number of halogens is 24. The minimum Gasteiger partial charge on any atom is -0.492 e. The molecular weight excluding hydrogens is 888 g/mol. The lowest BCUT2D eigenvalue weighted by Gasteiger charge is -2.50. The molecule has 0 aliphatic heterocycles. The monoisotopic (exact) mass is 916 g/mol. The summed E-state index contributed by atoms with van der Waals surface area (Å²) in [6.07, 6.45) is -57.4. The highest BCUT2D eigenvalue weighted by molar-refractivity contribution is 5.89. The number of hydrogen-bond donors (Lipinski definition) is 1. The van der Waals surface area contributed by atoms with Crippen LogP contribution in [0.25, 0.3) is 0 Å². The molecular formula is C28H28F24O6. The average Bonchev–Trinajstić information content (AvgIpc) is 2.97. The minimum absolute atomic E-state index is 0.262. The van der Waals surface area contributed by atoms with E-state index in [4.69, 9.17) is 9.47 Å². The Hall–Kier alpha value is -3.31. The van der Waals surface area contributed by atoms with Gasteiger partial charge in [0.05, 0.1) is 12.4 Å². The van der Waals surface area contributed by atoms with Crippen molar-refractivity contribution in [3.63, 3.8) is 0 Å². The topological polar surface area (TPSA) is 74.2 Å². The zero-order chi connectivity index (χ0) is 47.1. The number of esters is 1. The summed E-state index contributed by atoms with van der Waals surface area (Å²) in [5, 5.41) is 9.76. The molecule has 0 bridgehead atoms. The molecule has 344 valence electrons. The lowest BCUT2D eigenvalue weighted by Crippen LogP contribution is -2.68. The van der Waals surface area contributed by atoms with Crippen LogP contribution in [-0.4, -0.2) is 97.3 Å². The van der Waals surface area contributed by atoms with Gasteiger partial charge in [-0.1, -0.05) is 19.7 Å². The fourth-order valence-electron chi connectivity index (χ4n) is 4.68. The van der Waals surface area contributed by atoms with Crippen molar-refractivity contribution in [2.24, 2.45) is 11.8 Å². The first-order chi connectivity index (χ1) is 25.3. The van der Waals surface area contributed by atoms with Gasteiger partial charge >= 0.3 is 61.0 Å². The number of allylic oxidation sites excluding steroid dienone is 1. The summed E-state index contributed by atoms with van der Waals surface area (Å²) in [4.78, 5) is 11.8. The number of hydrogen-bond acceptors (Lipinski definition) is 6. The largest absolute Gasteiger partial charge is 0.492 e. The summed E-state index contributed by atoms with van der Waals surface area (Å²) in [5.74, 6) is -10.6. The molecule has 58 heavy (non-hydrogen) atoms. The van der Waals surface area contributed by atoms with Crippen LogP contribution in [0.2, 0.25) is 0 Å². The summed E-state index contributed by atoms with van der Waals surface area (Å²) >= 11 is 0. The van der Waals surface area contributed by atoms with E-state index in [0.717, 1.165) is 13.2 Å². The first kappa shape index (κ1) is 56.8. The van der Waals surface area contributed by atoms with Crippen LogP contribution in [0, 0.1) is 11.8 Å². The van der Waals surface area contributed by atoms with E-state index in [0.29, 0.717) is 0 Å². The molecule has 4 atom stereocenters. The van der Waals surface area contributed by atoms with E-state index in [1.54, 1.807) is 0 Å². The Kier molecular flexibility index (Phi) is 19.0. The second-order valence-corrected chi connectivity index (χ2v) is 11.3. The van der Waals surface area contributed by atoms with Gasteiger partial charge in [0, 0.05) is 18.4 Å². The predicted molar refractivity (Wildman–Crippen MR) is 143 cm³/mol. The third kappa shape index (κ3) is 15.4. The number of alkyl halides is 24. The maximum absolute atomic E-state index is 14.1. The second kappa shape index (κ2) is 19.4. The van der Waals surface area contributed by atoms with Crippen LogP contribution in [-0.2, 0) is 23.7 Å². The molecule has 4 unspecified atom stereocenters. The van der Waals surface area contributed by atoms with E-state index in [-0.39, 0.29) is 6.61 Å². The van der Waals surface area contributed by atoms with Gasteiger partial charge < -0.3 is 24.1 Å². The van der Waals surface area contributed by atoms with Gasteiger partial charge in [-0.25, -0.2) is 4.79 Å². The first-order valence-corrected chi connectivity index (χ1v) is 14.7. The van der Waals surface area contributed by atoms with Crippen LogP contribution < -0.4 is 0 Å². The van der Waals surface area contributed by atoms with E-state index >= 15 is 0 Å². The van der Waals surface area contributed by atoms with Gasteiger partial charge in [0.25, 0.3) is 5.60 Å². The summed E-state index contributed by atoms with van der Waals surface area (Å²) < 4.78 is 321. The van der Waals surface area contributed by atoms with E-state index < -0.39 is 128 Å². The normalized spacial score (nSPS) is 19.7. The zero-order valence-corrected chi connectivity index (χ0v) is 28.6. The fraction of sp³-hybridized carbons (Fsp3) is 0.750. The van der Waals surface area contributed by atoms with Gasteiger partial charge in [0.1, 0.15) is 11.1 Å². The van der Waals surface area contributed by atoms with Crippen LogP contribution >= 0.6 is 0 Å². The van der Waals surface area contributed by atoms with Gasteiger partial charge in [-0.2, -0.15) is 105 Å². The first-order valence-electron chi connectivity index (χ1n) is 14.7. The molecule has 0 spiro atoms. The van der Waals surface area contributed by atoms with Crippen LogP contribution in [0.15, 0.2) is 37.1 Å². The summed E-state index contributed by atoms with van der Waals surface area (Å²) in [6.45, 7) is 7.48. The second-order valence-electron chi connectivity index (χ2n) is 11.3. The third-order valence-corrected chi connectivity index (χ3v) is 7.21. The van der Waals surface area contributed by atoms with E-state index in [1.165, 1.54) is 6.92 Å². The number of carbonyl (C=O) groups is 1. The molecule has 0 aromatic heterocycles. The molecule has 0 saturated heterocycles. The molecule has 0 amide bonds. The van der Waals surface area contributed by atoms with Crippen molar-refractivity contribution in [3.8, 4) is 0 Å². The van der Waals surface area contributed by atoms with Crippen LogP contribution in [0.4, 0.5) is 105 Å². The minimum atomic E-state index is -6.97. The molecule has 6 nitrogen and oxygen atoms in total. The van der Waals surface area contributed by atoms with Crippen LogP contribution in [0.3, 0.4) is 0 Å². The predicted octanol–water partition coefficient (Wildman–Crippen LogP) is 10.9. The maximum atomic E-state index is 14.1. The van der Waals surface area contributed by atoms with Crippen LogP contribution in [0.1, 0.15) is 33.1 Å². The van der Waals surface area contributed by atoms with Crippen molar-refractivity contribution in [2.75, 3.05) is 13.2 Å². The Morgan fingerprint density at radius 3 is 1.33 bits per heavy atom. The molecule has 1 saturated carbocycles. The quantitative estimate of drug-likeness (QED) is 0.0588. The van der Waals surface area contributed by atoms with Crippen molar-refractivity contribution in [3.05, 3.63) is 37.1 Å². The Balaban J connectivity index is 0. The fourth-order valence-corrected chi connectivity index (χ4v) is 4.68. The third-order valence-electron chi connectivity index (χ3n) is 7.21. The highest BCUT2D eigenvalue weighted by Crippen LogP contribution is 2.59. The van der Waals surface area contributed by atoms with E-state index in [2.05, 4.69) is 16.1 Å². The van der Waals surface area contributed by atoms with E-state index in [1.807, 2.05) is 13.2 Å². The van der Waals surface area contributed by atoms with Gasteiger partial charge in [0.2, 0.25) is 0 Å². The van der Waals surface area contributed by atoms with Gasteiger partial charge in [-0.3, -0.25) is 0 Å². The van der Waals surface area contributed by atoms with Crippen molar-refractivity contribution in [2.45, 2.75) is 106 Å². The molecule has 30 heteroatoms.